The Hall–Kier alpha value is -5.31. The highest BCUT2D eigenvalue weighted by Crippen LogP contribution is 2.24. The maximum absolute atomic E-state index is 13.6. The van der Waals surface area contributed by atoms with Gasteiger partial charge in [-0.05, 0) is 37.0 Å². The Morgan fingerprint density at radius 3 is 1.96 bits per heavy atom. The largest absolute Gasteiger partial charge is 0.416 e. The Kier molecular flexibility index (Phi) is 14.0. The summed E-state index contributed by atoms with van der Waals surface area (Å²) in [5, 5.41) is 19.5. The number of carbonyl (C=O) groups is 5. The minimum absolute atomic E-state index is 0.0373. The number of rotatable bonds is 16. The molecular formula is C35H41F3N6O6. The summed E-state index contributed by atoms with van der Waals surface area (Å²) in [6.07, 6.45) is -7.92. The van der Waals surface area contributed by atoms with Crippen LogP contribution in [0.15, 0.2) is 79.0 Å². The molecule has 0 aliphatic carbocycles. The molecule has 0 aliphatic rings. The predicted molar refractivity (Wildman–Crippen MR) is 178 cm³/mol. The van der Waals surface area contributed by atoms with Gasteiger partial charge in [0, 0.05) is 24.6 Å². The summed E-state index contributed by atoms with van der Waals surface area (Å²) >= 11 is 0. The van der Waals surface area contributed by atoms with Gasteiger partial charge in [0.15, 0.2) is 6.10 Å². The van der Waals surface area contributed by atoms with E-state index in [2.05, 4.69) is 20.9 Å². The molecule has 1 aromatic heterocycles. The Morgan fingerprint density at radius 2 is 1.42 bits per heavy atom. The van der Waals surface area contributed by atoms with E-state index in [4.69, 9.17) is 5.73 Å². The van der Waals surface area contributed by atoms with Crippen LogP contribution in [0.3, 0.4) is 0 Å². The first-order valence-corrected chi connectivity index (χ1v) is 15.9. The van der Waals surface area contributed by atoms with Gasteiger partial charge < -0.3 is 32.1 Å². The minimum Gasteiger partial charge on any atom is -0.382 e. The number of amides is 5. The van der Waals surface area contributed by atoms with E-state index in [-0.39, 0.29) is 12.0 Å². The van der Waals surface area contributed by atoms with Crippen molar-refractivity contribution in [2.24, 2.45) is 11.7 Å². The van der Waals surface area contributed by atoms with Crippen LogP contribution in [0.4, 0.5) is 13.2 Å². The Bertz CT molecular complexity index is 1610. The van der Waals surface area contributed by atoms with Crippen molar-refractivity contribution in [2.45, 2.75) is 76.5 Å². The third-order valence-electron chi connectivity index (χ3n) is 7.74. The average Bonchev–Trinajstić information content (AvgIpc) is 3.08. The molecule has 0 fully saturated rings. The van der Waals surface area contributed by atoms with Crippen molar-refractivity contribution in [3.63, 3.8) is 0 Å². The van der Waals surface area contributed by atoms with Crippen LogP contribution in [0.1, 0.15) is 49.5 Å². The van der Waals surface area contributed by atoms with Crippen LogP contribution in [-0.4, -0.2) is 76.1 Å². The lowest BCUT2D eigenvalue weighted by atomic mass is 10.00. The lowest BCUT2D eigenvalue weighted by molar-refractivity contribution is -0.212. The van der Waals surface area contributed by atoms with Gasteiger partial charge in [-0.15, -0.1) is 0 Å². The molecule has 5 amide bonds. The quantitative estimate of drug-likeness (QED) is 0.132. The van der Waals surface area contributed by atoms with Gasteiger partial charge >= 0.3 is 6.18 Å². The standard InChI is InChI=1S/C35H41F3N6O6/c1-20(2)29(44-32(48)24-14-15-25(40-19-24)23-12-8-5-9-13-23)34(50)43-27(18-22-10-6-4-7-11-22)33(49)41-21(3)31(47)42-26(16-17-28(39)45)30(46)35(36,37)38/h4-15,19-21,26-27,29-30,46H,16-18H2,1-3H3,(H2,39,45)(H,41,49)(H,42,47)(H,43,50)(H,44,48). The predicted octanol–water partition coefficient (Wildman–Crippen LogP) is 2.41. The summed E-state index contributed by atoms with van der Waals surface area (Å²) in [6, 6.07) is 15.4. The fourth-order valence-corrected chi connectivity index (χ4v) is 4.91. The van der Waals surface area contributed by atoms with E-state index in [1.165, 1.54) is 13.1 Å². The number of nitrogens with one attached hydrogen (secondary N) is 4. The van der Waals surface area contributed by atoms with Crippen LogP contribution in [0, 0.1) is 5.92 Å². The zero-order chi connectivity index (χ0) is 37.0. The zero-order valence-corrected chi connectivity index (χ0v) is 27.7. The van der Waals surface area contributed by atoms with Gasteiger partial charge in [0.1, 0.15) is 18.1 Å². The number of benzene rings is 2. The monoisotopic (exact) mass is 698 g/mol. The van der Waals surface area contributed by atoms with E-state index in [0.717, 1.165) is 5.56 Å². The SMILES string of the molecule is CC(NC(=O)C(Cc1ccccc1)NC(=O)C(NC(=O)c1ccc(-c2ccccc2)nc1)C(C)C)C(=O)NC(CCC(N)=O)C(O)C(F)(F)F. The molecule has 3 rings (SSSR count). The summed E-state index contributed by atoms with van der Waals surface area (Å²) in [7, 11) is 0. The number of nitrogens with two attached hydrogens (primary N) is 1. The average molecular weight is 699 g/mol. The number of pyridine rings is 1. The number of alkyl halides is 3. The summed E-state index contributed by atoms with van der Waals surface area (Å²) in [4.78, 5) is 68.6. The number of nitrogens with zero attached hydrogens (tertiary/aromatic N) is 1. The Balaban J connectivity index is 1.74. The molecule has 0 radical (unpaired) electrons. The highest BCUT2D eigenvalue weighted by atomic mass is 19.4. The van der Waals surface area contributed by atoms with E-state index in [9.17, 15) is 42.3 Å². The number of aromatic nitrogens is 1. The number of carbonyl (C=O) groups excluding carboxylic acids is 5. The second-order valence-electron chi connectivity index (χ2n) is 12.1. The molecule has 0 saturated heterocycles. The van der Waals surface area contributed by atoms with Crippen LogP contribution in [0.2, 0.25) is 0 Å². The summed E-state index contributed by atoms with van der Waals surface area (Å²) < 4.78 is 39.7. The van der Waals surface area contributed by atoms with Gasteiger partial charge in [-0.2, -0.15) is 13.2 Å². The van der Waals surface area contributed by atoms with Gasteiger partial charge in [0.05, 0.1) is 17.3 Å². The van der Waals surface area contributed by atoms with Gasteiger partial charge in [-0.25, -0.2) is 0 Å². The number of halogens is 3. The number of aliphatic hydroxyl groups is 1. The Labute approximate surface area is 287 Å². The number of hydrogen-bond donors (Lipinski definition) is 6. The fraction of sp³-hybridized carbons (Fsp3) is 0.371. The minimum atomic E-state index is -5.11. The lowest BCUT2D eigenvalue weighted by Crippen LogP contribution is -2.59. The van der Waals surface area contributed by atoms with Crippen molar-refractivity contribution < 1.29 is 42.3 Å². The van der Waals surface area contributed by atoms with Gasteiger partial charge in [0.25, 0.3) is 5.91 Å². The number of primary amides is 1. The van der Waals surface area contributed by atoms with Crippen LogP contribution < -0.4 is 27.0 Å². The number of hydrogen-bond acceptors (Lipinski definition) is 7. The zero-order valence-electron chi connectivity index (χ0n) is 27.7. The van der Waals surface area contributed by atoms with Crippen molar-refractivity contribution in [2.75, 3.05) is 0 Å². The van der Waals surface area contributed by atoms with E-state index in [1.54, 1.807) is 56.3 Å². The molecule has 5 unspecified atom stereocenters. The van der Waals surface area contributed by atoms with Crippen LogP contribution in [0.25, 0.3) is 11.3 Å². The van der Waals surface area contributed by atoms with Crippen LogP contribution in [0.5, 0.6) is 0 Å². The molecule has 12 nitrogen and oxygen atoms in total. The molecule has 0 spiro atoms. The normalized spacial score (nSPS) is 14.4. The second-order valence-corrected chi connectivity index (χ2v) is 12.1. The molecule has 268 valence electrons. The van der Waals surface area contributed by atoms with E-state index < -0.39 is 84.7 Å². The second kappa shape index (κ2) is 17.9. The molecule has 0 aliphatic heterocycles. The first kappa shape index (κ1) is 39.1. The summed E-state index contributed by atoms with van der Waals surface area (Å²) in [6.45, 7) is 4.60. The van der Waals surface area contributed by atoms with Crippen molar-refractivity contribution in [3.05, 3.63) is 90.1 Å². The first-order valence-electron chi connectivity index (χ1n) is 15.9. The maximum atomic E-state index is 13.6. The molecule has 5 atom stereocenters. The third-order valence-corrected chi connectivity index (χ3v) is 7.74. The van der Waals surface area contributed by atoms with Gasteiger partial charge in [-0.1, -0.05) is 74.5 Å². The molecule has 3 aromatic rings. The molecule has 15 heteroatoms. The smallest absolute Gasteiger partial charge is 0.382 e. The summed E-state index contributed by atoms with van der Waals surface area (Å²) in [5.74, 6) is -4.57. The number of aliphatic hydroxyl groups excluding tert-OH is 1. The van der Waals surface area contributed by atoms with Crippen LogP contribution >= 0.6 is 0 Å². The van der Waals surface area contributed by atoms with Crippen molar-refractivity contribution in [1.29, 1.82) is 0 Å². The molecule has 2 aromatic carbocycles. The molecule has 50 heavy (non-hydrogen) atoms. The first-order chi connectivity index (χ1) is 23.6. The van der Waals surface area contributed by atoms with E-state index in [1.807, 2.05) is 35.6 Å². The van der Waals surface area contributed by atoms with E-state index in [0.29, 0.717) is 11.3 Å². The topological polar surface area (TPSA) is 193 Å². The highest BCUT2D eigenvalue weighted by molar-refractivity contribution is 5.99. The third kappa shape index (κ3) is 11.7. The van der Waals surface area contributed by atoms with Gasteiger partial charge in [-0.3, -0.25) is 29.0 Å². The molecule has 0 saturated carbocycles. The van der Waals surface area contributed by atoms with E-state index >= 15 is 0 Å². The maximum Gasteiger partial charge on any atom is 0.416 e. The fourth-order valence-electron chi connectivity index (χ4n) is 4.91. The molecule has 1 heterocycles. The van der Waals surface area contributed by atoms with Crippen LogP contribution in [-0.2, 0) is 25.6 Å². The van der Waals surface area contributed by atoms with Gasteiger partial charge in [0.2, 0.25) is 23.6 Å². The highest BCUT2D eigenvalue weighted by Gasteiger charge is 2.44. The molecule has 7 N–H and O–H groups in total. The van der Waals surface area contributed by atoms with Crippen molar-refractivity contribution >= 4 is 29.5 Å². The lowest BCUT2D eigenvalue weighted by Gasteiger charge is -2.28. The molecular weight excluding hydrogens is 657 g/mol. The molecule has 0 bridgehead atoms. The summed E-state index contributed by atoms with van der Waals surface area (Å²) in [5.41, 5.74) is 7.38. The van der Waals surface area contributed by atoms with Crippen molar-refractivity contribution in [1.82, 2.24) is 26.3 Å². The Morgan fingerprint density at radius 1 is 0.800 bits per heavy atom. The van der Waals surface area contributed by atoms with Crippen molar-refractivity contribution in [3.8, 4) is 11.3 Å².